The Bertz CT molecular complexity index is 604. The average Bonchev–Trinajstić information content (AvgIpc) is 2.83. The van der Waals surface area contributed by atoms with Crippen LogP contribution in [-0.4, -0.2) is 45.5 Å². The Labute approximate surface area is 124 Å². The number of nitrogens with zero attached hydrogens (tertiary/aromatic N) is 5. The first-order valence-electron chi connectivity index (χ1n) is 7.28. The van der Waals surface area contributed by atoms with E-state index in [0.29, 0.717) is 6.61 Å². The topological polar surface area (TPSA) is 56.1 Å². The first-order valence-corrected chi connectivity index (χ1v) is 7.28. The molecular weight excluding hydrogens is 266 g/mol. The Kier molecular flexibility index (Phi) is 3.88. The van der Waals surface area contributed by atoms with E-state index in [1.54, 1.807) is 0 Å². The SMILES string of the molecule is Cc1cnn(CC2CN(c3nc(C)cc(C)n3)CCO2)c1. The summed E-state index contributed by atoms with van der Waals surface area (Å²) in [4.78, 5) is 11.3. The third-order valence-corrected chi connectivity index (χ3v) is 3.55. The lowest BCUT2D eigenvalue weighted by Crippen LogP contribution is -2.45. The lowest BCUT2D eigenvalue weighted by atomic mass is 10.2. The van der Waals surface area contributed by atoms with Crippen LogP contribution >= 0.6 is 0 Å². The molecule has 3 heterocycles. The molecule has 0 bridgehead atoms. The van der Waals surface area contributed by atoms with Crippen LogP contribution in [0.25, 0.3) is 0 Å². The maximum absolute atomic E-state index is 5.85. The Balaban J connectivity index is 1.70. The number of hydrogen-bond donors (Lipinski definition) is 0. The number of aromatic nitrogens is 4. The number of anilines is 1. The zero-order chi connectivity index (χ0) is 14.8. The highest BCUT2D eigenvalue weighted by molar-refractivity contribution is 5.32. The highest BCUT2D eigenvalue weighted by Gasteiger charge is 2.23. The second-order valence-electron chi connectivity index (χ2n) is 5.63. The minimum atomic E-state index is 0.113. The minimum Gasteiger partial charge on any atom is -0.373 e. The van der Waals surface area contributed by atoms with Crippen molar-refractivity contribution >= 4 is 5.95 Å². The largest absolute Gasteiger partial charge is 0.373 e. The van der Waals surface area contributed by atoms with Crippen molar-refractivity contribution < 1.29 is 4.74 Å². The van der Waals surface area contributed by atoms with E-state index >= 15 is 0 Å². The van der Waals surface area contributed by atoms with Gasteiger partial charge >= 0.3 is 0 Å². The van der Waals surface area contributed by atoms with Gasteiger partial charge in [-0.25, -0.2) is 9.97 Å². The van der Waals surface area contributed by atoms with Crippen molar-refractivity contribution in [1.29, 1.82) is 0 Å². The van der Waals surface area contributed by atoms with Crippen molar-refractivity contribution in [2.45, 2.75) is 33.4 Å². The van der Waals surface area contributed by atoms with Crippen molar-refractivity contribution in [3.05, 3.63) is 35.4 Å². The van der Waals surface area contributed by atoms with Crippen molar-refractivity contribution in [2.75, 3.05) is 24.6 Å². The third kappa shape index (κ3) is 3.39. The third-order valence-electron chi connectivity index (χ3n) is 3.55. The Morgan fingerprint density at radius 2 is 2.00 bits per heavy atom. The standard InChI is InChI=1S/C15H21N5O/c1-11-7-16-20(8-11)10-14-9-19(4-5-21-14)15-17-12(2)6-13(3)18-15/h6-8,14H,4-5,9-10H2,1-3H3. The van der Waals surface area contributed by atoms with Gasteiger partial charge in [0.25, 0.3) is 0 Å². The summed E-state index contributed by atoms with van der Waals surface area (Å²) in [5, 5.41) is 4.32. The molecule has 2 aromatic heterocycles. The summed E-state index contributed by atoms with van der Waals surface area (Å²) < 4.78 is 7.78. The highest BCUT2D eigenvalue weighted by atomic mass is 16.5. The van der Waals surface area contributed by atoms with Crippen molar-refractivity contribution in [2.24, 2.45) is 0 Å². The van der Waals surface area contributed by atoms with Gasteiger partial charge in [-0.1, -0.05) is 0 Å². The van der Waals surface area contributed by atoms with Crippen LogP contribution in [0, 0.1) is 20.8 Å². The molecule has 1 atom stereocenters. The Hall–Kier alpha value is -1.95. The number of rotatable bonds is 3. The van der Waals surface area contributed by atoms with Crippen LogP contribution < -0.4 is 4.90 Å². The van der Waals surface area contributed by atoms with E-state index in [0.717, 1.165) is 37.0 Å². The summed E-state index contributed by atoms with van der Waals surface area (Å²) in [6, 6.07) is 1.99. The molecule has 0 N–H and O–H groups in total. The molecule has 0 aromatic carbocycles. The fourth-order valence-electron chi connectivity index (χ4n) is 2.64. The number of hydrogen-bond acceptors (Lipinski definition) is 5. The maximum atomic E-state index is 5.85. The molecule has 0 spiro atoms. The van der Waals surface area contributed by atoms with Crippen LogP contribution in [-0.2, 0) is 11.3 Å². The zero-order valence-corrected chi connectivity index (χ0v) is 12.8. The summed E-state index contributed by atoms with van der Waals surface area (Å²) >= 11 is 0. The molecule has 1 aliphatic rings. The molecule has 1 saturated heterocycles. The van der Waals surface area contributed by atoms with Crippen LogP contribution in [0.4, 0.5) is 5.95 Å². The summed E-state index contributed by atoms with van der Waals surface area (Å²) in [6.07, 6.45) is 4.02. The molecule has 0 aliphatic carbocycles. The van der Waals surface area contributed by atoms with Gasteiger partial charge < -0.3 is 9.64 Å². The fourth-order valence-corrected chi connectivity index (χ4v) is 2.64. The zero-order valence-electron chi connectivity index (χ0n) is 12.8. The summed E-state index contributed by atoms with van der Waals surface area (Å²) in [6.45, 7) is 9.13. The van der Waals surface area contributed by atoms with Gasteiger partial charge in [0.1, 0.15) is 0 Å². The van der Waals surface area contributed by atoms with Gasteiger partial charge in [-0.2, -0.15) is 5.10 Å². The first-order chi connectivity index (χ1) is 10.1. The van der Waals surface area contributed by atoms with Gasteiger partial charge in [0, 0.05) is 30.7 Å². The molecule has 6 nitrogen and oxygen atoms in total. The van der Waals surface area contributed by atoms with Crippen LogP contribution in [0.15, 0.2) is 18.5 Å². The Morgan fingerprint density at radius 3 is 2.67 bits per heavy atom. The average molecular weight is 287 g/mol. The first kappa shape index (κ1) is 14.0. The van der Waals surface area contributed by atoms with E-state index in [1.807, 2.05) is 43.9 Å². The van der Waals surface area contributed by atoms with E-state index in [1.165, 1.54) is 5.56 Å². The quantitative estimate of drug-likeness (QED) is 0.856. The van der Waals surface area contributed by atoms with Crippen molar-refractivity contribution in [3.8, 4) is 0 Å². The van der Waals surface area contributed by atoms with Crippen LogP contribution in [0.3, 0.4) is 0 Å². The maximum Gasteiger partial charge on any atom is 0.225 e. The molecule has 0 amide bonds. The normalized spacial score (nSPS) is 19.0. The van der Waals surface area contributed by atoms with Gasteiger partial charge in [0.05, 0.1) is 25.5 Å². The molecule has 6 heteroatoms. The molecule has 1 fully saturated rings. The summed E-state index contributed by atoms with van der Waals surface area (Å²) in [5.41, 5.74) is 3.17. The molecule has 0 radical (unpaired) electrons. The monoisotopic (exact) mass is 287 g/mol. The summed E-state index contributed by atoms with van der Waals surface area (Å²) in [7, 11) is 0. The van der Waals surface area contributed by atoms with Crippen LogP contribution in [0.5, 0.6) is 0 Å². The van der Waals surface area contributed by atoms with E-state index in [9.17, 15) is 0 Å². The molecule has 1 aliphatic heterocycles. The molecule has 0 saturated carbocycles. The van der Waals surface area contributed by atoms with E-state index < -0.39 is 0 Å². The minimum absolute atomic E-state index is 0.113. The van der Waals surface area contributed by atoms with Gasteiger partial charge in [-0.15, -0.1) is 0 Å². The molecular formula is C15H21N5O. The predicted molar refractivity (Wildman–Crippen MR) is 80.4 cm³/mol. The van der Waals surface area contributed by atoms with E-state index in [2.05, 4.69) is 20.0 Å². The molecule has 1 unspecified atom stereocenters. The van der Waals surface area contributed by atoms with E-state index in [-0.39, 0.29) is 6.10 Å². The van der Waals surface area contributed by atoms with Crippen LogP contribution in [0.1, 0.15) is 17.0 Å². The number of ether oxygens (including phenoxy) is 1. The van der Waals surface area contributed by atoms with Gasteiger partial charge in [-0.3, -0.25) is 4.68 Å². The van der Waals surface area contributed by atoms with Crippen molar-refractivity contribution in [3.63, 3.8) is 0 Å². The Morgan fingerprint density at radius 1 is 1.24 bits per heavy atom. The van der Waals surface area contributed by atoms with E-state index in [4.69, 9.17) is 4.74 Å². The molecule has 112 valence electrons. The lowest BCUT2D eigenvalue weighted by molar-refractivity contribution is 0.0269. The second-order valence-corrected chi connectivity index (χ2v) is 5.63. The molecule has 21 heavy (non-hydrogen) atoms. The van der Waals surface area contributed by atoms with Crippen LogP contribution in [0.2, 0.25) is 0 Å². The summed E-state index contributed by atoms with van der Waals surface area (Å²) in [5.74, 6) is 0.803. The van der Waals surface area contributed by atoms with Gasteiger partial charge in [-0.05, 0) is 32.4 Å². The molecule has 2 aromatic rings. The molecule has 3 rings (SSSR count). The highest BCUT2D eigenvalue weighted by Crippen LogP contribution is 2.15. The lowest BCUT2D eigenvalue weighted by Gasteiger charge is -2.33. The second kappa shape index (κ2) is 5.81. The number of morpholine rings is 1. The number of aryl methyl sites for hydroxylation is 3. The fraction of sp³-hybridized carbons (Fsp3) is 0.533. The smallest absolute Gasteiger partial charge is 0.225 e. The van der Waals surface area contributed by atoms with Gasteiger partial charge in [0.2, 0.25) is 5.95 Å². The predicted octanol–water partition coefficient (Wildman–Crippen LogP) is 1.50. The van der Waals surface area contributed by atoms with Gasteiger partial charge in [0.15, 0.2) is 0 Å². The van der Waals surface area contributed by atoms with Crippen molar-refractivity contribution in [1.82, 2.24) is 19.7 Å².